The van der Waals surface area contributed by atoms with Gasteiger partial charge in [0, 0.05) is 29.6 Å². The molecule has 3 aliphatic rings. The number of rotatable bonds is 3. The Bertz CT molecular complexity index is 492. The van der Waals surface area contributed by atoms with Gasteiger partial charge < -0.3 is 15.0 Å². The quantitative estimate of drug-likeness (QED) is 0.924. The number of ether oxygens (including phenoxy) is 1. The molecule has 2 atom stereocenters. The van der Waals surface area contributed by atoms with E-state index < -0.39 is 0 Å². The highest BCUT2D eigenvalue weighted by Crippen LogP contribution is 2.36. The molecule has 4 rings (SSSR count). The standard InChI is InChI=1S/C18H26N2O/c1-13-12-21-17-5-3-2-4-16(17)18(13)19-14-8-10-20(11-9-14)15-6-7-15/h2-5,13-15,18-19H,6-12H2,1H3. The molecule has 0 radical (unpaired) electrons. The van der Waals surface area contributed by atoms with Crippen molar-refractivity contribution in [3.63, 3.8) is 0 Å². The number of fused-ring (bicyclic) bond motifs is 1. The molecule has 2 heterocycles. The number of nitrogens with zero attached hydrogens (tertiary/aromatic N) is 1. The van der Waals surface area contributed by atoms with Gasteiger partial charge in [0.1, 0.15) is 5.75 Å². The van der Waals surface area contributed by atoms with Crippen molar-refractivity contribution in [3.8, 4) is 5.75 Å². The molecule has 1 aliphatic carbocycles. The van der Waals surface area contributed by atoms with Crippen molar-refractivity contribution in [3.05, 3.63) is 29.8 Å². The molecule has 3 nitrogen and oxygen atoms in total. The number of piperidine rings is 1. The second-order valence-corrected chi connectivity index (χ2v) is 7.01. The van der Waals surface area contributed by atoms with Crippen molar-refractivity contribution in [2.45, 2.75) is 50.7 Å². The van der Waals surface area contributed by atoms with Crippen LogP contribution in [0.4, 0.5) is 0 Å². The van der Waals surface area contributed by atoms with Gasteiger partial charge in [-0.3, -0.25) is 0 Å². The molecule has 0 amide bonds. The van der Waals surface area contributed by atoms with Crippen LogP contribution in [0.3, 0.4) is 0 Å². The van der Waals surface area contributed by atoms with Crippen LogP contribution in [-0.4, -0.2) is 36.7 Å². The van der Waals surface area contributed by atoms with Gasteiger partial charge in [0.25, 0.3) is 0 Å². The lowest BCUT2D eigenvalue weighted by Crippen LogP contribution is -2.46. The predicted octanol–water partition coefficient (Wildman–Crippen LogP) is 2.97. The Morgan fingerprint density at radius 1 is 1.10 bits per heavy atom. The highest BCUT2D eigenvalue weighted by atomic mass is 16.5. The van der Waals surface area contributed by atoms with E-state index in [1.807, 2.05) is 0 Å². The van der Waals surface area contributed by atoms with Crippen molar-refractivity contribution in [1.82, 2.24) is 10.2 Å². The first-order chi connectivity index (χ1) is 10.3. The van der Waals surface area contributed by atoms with Crippen LogP contribution in [0.15, 0.2) is 24.3 Å². The summed E-state index contributed by atoms with van der Waals surface area (Å²) in [4.78, 5) is 2.69. The minimum atomic E-state index is 0.451. The van der Waals surface area contributed by atoms with E-state index in [9.17, 15) is 0 Å². The molecule has 1 aromatic carbocycles. The summed E-state index contributed by atoms with van der Waals surface area (Å²) in [6.45, 7) is 5.69. The molecular formula is C18H26N2O. The molecule has 21 heavy (non-hydrogen) atoms. The molecule has 1 saturated carbocycles. The second-order valence-electron chi connectivity index (χ2n) is 7.01. The van der Waals surface area contributed by atoms with E-state index in [0.717, 1.165) is 18.4 Å². The highest BCUT2D eigenvalue weighted by Gasteiger charge is 2.34. The van der Waals surface area contributed by atoms with Crippen LogP contribution in [-0.2, 0) is 0 Å². The van der Waals surface area contributed by atoms with E-state index in [0.29, 0.717) is 18.0 Å². The summed E-state index contributed by atoms with van der Waals surface area (Å²) < 4.78 is 5.86. The van der Waals surface area contributed by atoms with Gasteiger partial charge in [0.05, 0.1) is 6.61 Å². The van der Waals surface area contributed by atoms with Crippen LogP contribution in [0.5, 0.6) is 5.75 Å². The van der Waals surface area contributed by atoms with Gasteiger partial charge in [-0.25, -0.2) is 0 Å². The Morgan fingerprint density at radius 3 is 2.62 bits per heavy atom. The van der Waals surface area contributed by atoms with Gasteiger partial charge in [-0.1, -0.05) is 25.1 Å². The molecule has 3 heteroatoms. The van der Waals surface area contributed by atoms with Crippen molar-refractivity contribution in [1.29, 1.82) is 0 Å². The number of hydrogen-bond donors (Lipinski definition) is 1. The maximum absolute atomic E-state index is 5.86. The molecule has 2 aliphatic heterocycles. The van der Waals surface area contributed by atoms with Gasteiger partial charge >= 0.3 is 0 Å². The molecule has 1 aromatic rings. The third-order valence-electron chi connectivity index (χ3n) is 5.33. The van der Waals surface area contributed by atoms with Crippen molar-refractivity contribution < 1.29 is 4.74 Å². The van der Waals surface area contributed by atoms with Crippen LogP contribution in [0.2, 0.25) is 0 Å². The largest absolute Gasteiger partial charge is 0.493 e. The summed E-state index contributed by atoms with van der Waals surface area (Å²) in [6.07, 6.45) is 5.45. The van der Waals surface area contributed by atoms with E-state index in [-0.39, 0.29) is 0 Å². The molecule has 1 N–H and O–H groups in total. The molecular weight excluding hydrogens is 260 g/mol. The minimum Gasteiger partial charge on any atom is -0.493 e. The summed E-state index contributed by atoms with van der Waals surface area (Å²) in [7, 11) is 0. The maximum atomic E-state index is 5.86. The molecule has 2 unspecified atom stereocenters. The Labute approximate surface area is 127 Å². The first-order valence-electron chi connectivity index (χ1n) is 8.53. The lowest BCUT2D eigenvalue weighted by Gasteiger charge is -2.38. The fourth-order valence-corrected chi connectivity index (χ4v) is 3.87. The predicted molar refractivity (Wildman–Crippen MR) is 84.6 cm³/mol. The Hall–Kier alpha value is -1.06. The number of likely N-dealkylation sites (tertiary alicyclic amines) is 1. The monoisotopic (exact) mass is 286 g/mol. The fourth-order valence-electron chi connectivity index (χ4n) is 3.87. The summed E-state index contributed by atoms with van der Waals surface area (Å²) >= 11 is 0. The highest BCUT2D eigenvalue weighted by molar-refractivity contribution is 5.38. The van der Waals surface area contributed by atoms with Gasteiger partial charge in [-0.2, -0.15) is 0 Å². The molecule has 1 saturated heterocycles. The molecule has 0 spiro atoms. The van der Waals surface area contributed by atoms with Crippen LogP contribution in [0.1, 0.15) is 44.2 Å². The van der Waals surface area contributed by atoms with Crippen molar-refractivity contribution in [2.24, 2.45) is 5.92 Å². The first-order valence-corrected chi connectivity index (χ1v) is 8.53. The molecule has 0 aromatic heterocycles. The average Bonchev–Trinajstić information content (AvgIpc) is 3.36. The van der Waals surface area contributed by atoms with E-state index in [4.69, 9.17) is 4.74 Å². The van der Waals surface area contributed by atoms with E-state index in [1.54, 1.807) is 0 Å². The van der Waals surface area contributed by atoms with Gasteiger partial charge in [0.15, 0.2) is 0 Å². The number of para-hydroxylation sites is 1. The Morgan fingerprint density at radius 2 is 1.86 bits per heavy atom. The van der Waals surface area contributed by atoms with Gasteiger partial charge in [-0.05, 0) is 44.8 Å². The summed E-state index contributed by atoms with van der Waals surface area (Å²) in [5, 5.41) is 3.94. The Kier molecular flexibility index (Phi) is 3.64. The molecule has 2 fully saturated rings. The van der Waals surface area contributed by atoms with Crippen molar-refractivity contribution >= 4 is 0 Å². The zero-order valence-electron chi connectivity index (χ0n) is 12.9. The fraction of sp³-hybridized carbons (Fsp3) is 0.667. The Balaban J connectivity index is 1.42. The van der Waals surface area contributed by atoms with Crippen molar-refractivity contribution in [2.75, 3.05) is 19.7 Å². The normalized spacial score (nSPS) is 30.7. The minimum absolute atomic E-state index is 0.451. The number of benzene rings is 1. The first kappa shape index (κ1) is 13.6. The zero-order chi connectivity index (χ0) is 14.2. The zero-order valence-corrected chi connectivity index (χ0v) is 12.9. The van der Waals surface area contributed by atoms with Crippen LogP contribution < -0.4 is 10.1 Å². The average molecular weight is 286 g/mol. The summed E-state index contributed by atoms with van der Waals surface area (Å²) in [5.74, 6) is 1.62. The van der Waals surface area contributed by atoms with Gasteiger partial charge in [-0.15, -0.1) is 0 Å². The smallest absolute Gasteiger partial charge is 0.124 e. The summed E-state index contributed by atoms with van der Waals surface area (Å²) in [6, 6.07) is 10.6. The lowest BCUT2D eigenvalue weighted by molar-refractivity contribution is 0.147. The van der Waals surface area contributed by atoms with Crippen LogP contribution in [0.25, 0.3) is 0 Å². The third kappa shape index (κ3) is 2.82. The lowest BCUT2D eigenvalue weighted by atomic mass is 9.90. The summed E-state index contributed by atoms with van der Waals surface area (Å²) in [5.41, 5.74) is 1.35. The maximum Gasteiger partial charge on any atom is 0.124 e. The third-order valence-corrected chi connectivity index (χ3v) is 5.33. The molecule has 114 valence electrons. The SMILES string of the molecule is CC1COc2ccccc2C1NC1CCN(C2CC2)CC1. The van der Waals surface area contributed by atoms with E-state index in [2.05, 4.69) is 41.4 Å². The molecule has 0 bridgehead atoms. The van der Waals surface area contributed by atoms with Crippen LogP contribution >= 0.6 is 0 Å². The van der Waals surface area contributed by atoms with Gasteiger partial charge in [0.2, 0.25) is 0 Å². The van der Waals surface area contributed by atoms with E-state index in [1.165, 1.54) is 44.3 Å². The topological polar surface area (TPSA) is 24.5 Å². The second kappa shape index (κ2) is 5.62. The number of hydrogen-bond acceptors (Lipinski definition) is 3. The van der Waals surface area contributed by atoms with E-state index >= 15 is 0 Å². The van der Waals surface area contributed by atoms with Crippen LogP contribution in [0, 0.1) is 5.92 Å². The number of nitrogens with one attached hydrogen (secondary N) is 1.